The molecule has 0 aromatic heterocycles. The predicted molar refractivity (Wildman–Crippen MR) is 147 cm³/mol. The molecule has 6 heteroatoms. The van der Waals surface area contributed by atoms with E-state index in [1.165, 1.54) is 19.8 Å². The molecule has 2 spiro atoms. The minimum Gasteiger partial charge on any atom is -0.456 e. The lowest BCUT2D eigenvalue weighted by molar-refractivity contribution is -0.314. The van der Waals surface area contributed by atoms with E-state index in [9.17, 15) is 14.7 Å². The molecule has 1 saturated heterocycles. The molecule has 0 aromatic carbocycles. The molecule has 1 N–H and O–H groups in total. The summed E-state index contributed by atoms with van der Waals surface area (Å²) < 4.78 is 18.0. The van der Waals surface area contributed by atoms with Gasteiger partial charge in [0.25, 0.3) is 0 Å². The molecular weight excluding hydrogens is 492 g/mol. The van der Waals surface area contributed by atoms with Gasteiger partial charge in [-0.2, -0.15) is 0 Å². The van der Waals surface area contributed by atoms with Gasteiger partial charge in [-0.1, -0.05) is 47.3 Å². The molecule has 39 heavy (non-hydrogen) atoms. The van der Waals surface area contributed by atoms with Crippen molar-refractivity contribution in [3.63, 3.8) is 0 Å². The Labute approximate surface area is 233 Å². The SMILES string of the molecule is C=C(C(C)COC)C1(O)OC2CC3(C)C4CCC5C(C)C(=O)C=CC56CC46CCC3(C)C2C(C)C1OC(C)=O. The summed E-state index contributed by atoms with van der Waals surface area (Å²) in [6, 6.07) is 0. The maximum atomic E-state index is 12.6. The number of allylic oxidation sites excluding steroid dienone is 2. The molecule has 13 atom stereocenters. The first-order valence-electron chi connectivity index (χ1n) is 15.2. The highest BCUT2D eigenvalue weighted by molar-refractivity contribution is 5.93. The Bertz CT molecular complexity index is 1130. The molecule has 5 aliphatic carbocycles. The monoisotopic (exact) mass is 540 g/mol. The fourth-order valence-electron chi connectivity index (χ4n) is 11.6. The van der Waals surface area contributed by atoms with Gasteiger partial charge in [0.05, 0.1) is 12.7 Å². The zero-order valence-electron chi connectivity index (χ0n) is 24.9. The lowest BCUT2D eigenvalue weighted by atomic mass is 9.43. The van der Waals surface area contributed by atoms with Gasteiger partial charge in [0.1, 0.15) is 0 Å². The Morgan fingerprint density at radius 1 is 1.23 bits per heavy atom. The highest BCUT2D eigenvalue weighted by Gasteiger charge is 2.82. The Morgan fingerprint density at radius 3 is 2.62 bits per heavy atom. The fraction of sp³-hybridized carbons (Fsp3) is 0.818. The Hall–Kier alpha value is -1.50. The number of carbonyl (C=O) groups excluding carboxylic acids is 2. The molecule has 0 aromatic rings. The number of ether oxygens (including phenoxy) is 3. The first kappa shape index (κ1) is 27.7. The van der Waals surface area contributed by atoms with Crippen molar-refractivity contribution >= 4 is 11.8 Å². The number of aliphatic hydroxyl groups is 1. The Morgan fingerprint density at radius 2 is 1.95 bits per heavy atom. The van der Waals surface area contributed by atoms with Crippen molar-refractivity contribution in [2.45, 2.75) is 98.1 Å². The van der Waals surface area contributed by atoms with Crippen LogP contribution in [0.25, 0.3) is 0 Å². The third-order valence-corrected chi connectivity index (χ3v) is 13.6. The third kappa shape index (κ3) is 3.26. The molecule has 5 fully saturated rings. The Balaban J connectivity index is 1.38. The van der Waals surface area contributed by atoms with Crippen molar-refractivity contribution in [2.75, 3.05) is 13.7 Å². The molecule has 0 radical (unpaired) electrons. The summed E-state index contributed by atoms with van der Waals surface area (Å²) in [5.41, 5.74) is 0.943. The van der Waals surface area contributed by atoms with Crippen molar-refractivity contribution < 1.29 is 28.9 Å². The first-order chi connectivity index (χ1) is 18.2. The number of rotatable bonds is 5. The molecule has 6 nitrogen and oxygen atoms in total. The standard InChI is InChI=1S/C33H48O6/c1-18(16-37-8)21(4)33(36)28(38-22(5)34)20(3)27-25(39-33)15-30(7)26-10-9-23-19(2)24(35)11-12-31(23)17-32(26,31)14-13-29(27,30)6/h11-12,18-20,23,25-28,36H,4,9-10,13-17H2,1-3,5-8H3. The van der Waals surface area contributed by atoms with E-state index >= 15 is 0 Å². The van der Waals surface area contributed by atoms with Gasteiger partial charge in [0, 0.05) is 31.8 Å². The summed E-state index contributed by atoms with van der Waals surface area (Å²) >= 11 is 0. The van der Waals surface area contributed by atoms with Crippen LogP contribution >= 0.6 is 0 Å². The van der Waals surface area contributed by atoms with Gasteiger partial charge >= 0.3 is 5.97 Å². The first-order valence-corrected chi connectivity index (χ1v) is 15.2. The molecule has 1 aliphatic heterocycles. The summed E-state index contributed by atoms with van der Waals surface area (Å²) in [6.45, 7) is 17.2. The van der Waals surface area contributed by atoms with Crippen LogP contribution in [0.4, 0.5) is 0 Å². The van der Waals surface area contributed by atoms with Crippen molar-refractivity contribution in [1.29, 1.82) is 0 Å². The highest BCUT2D eigenvalue weighted by atomic mass is 16.7. The van der Waals surface area contributed by atoms with Gasteiger partial charge < -0.3 is 19.3 Å². The van der Waals surface area contributed by atoms with Gasteiger partial charge in [-0.25, -0.2) is 0 Å². The molecule has 6 rings (SSSR count). The van der Waals surface area contributed by atoms with Crippen molar-refractivity contribution in [1.82, 2.24) is 0 Å². The van der Waals surface area contributed by atoms with E-state index in [1.54, 1.807) is 7.11 Å². The van der Waals surface area contributed by atoms with Crippen LogP contribution in [0.15, 0.2) is 24.3 Å². The zero-order valence-corrected chi connectivity index (χ0v) is 24.9. The van der Waals surface area contributed by atoms with Crippen molar-refractivity contribution in [3.8, 4) is 0 Å². The summed E-state index contributed by atoms with van der Waals surface area (Å²) in [5, 5.41) is 12.2. The second-order valence-corrected chi connectivity index (χ2v) is 14.8. The number of hydrogen-bond donors (Lipinski definition) is 1. The van der Waals surface area contributed by atoms with Crippen LogP contribution in [0, 0.1) is 57.2 Å². The number of fused-ring (bicyclic) bond motifs is 4. The summed E-state index contributed by atoms with van der Waals surface area (Å²) in [7, 11) is 1.63. The van der Waals surface area contributed by atoms with E-state index in [-0.39, 0.29) is 51.4 Å². The predicted octanol–water partition coefficient (Wildman–Crippen LogP) is 5.48. The molecule has 0 bridgehead atoms. The van der Waals surface area contributed by atoms with Crippen LogP contribution in [0.1, 0.15) is 80.1 Å². The van der Waals surface area contributed by atoms with E-state index in [4.69, 9.17) is 14.2 Å². The molecule has 1 heterocycles. The number of carbonyl (C=O) groups is 2. The van der Waals surface area contributed by atoms with Crippen LogP contribution < -0.4 is 0 Å². The maximum absolute atomic E-state index is 12.6. The summed E-state index contributed by atoms with van der Waals surface area (Å²) in [6.07, 6.45) is 9.82. The lowest BCUT2D eigenvalue weighted by Crippen LogP contribution is -2.63. The average Bonchev–Trinajstić information content (AvgIpc) is 3.47. The largest absolute Gasteiger partial charge is 0.456 e. The highest BCUT2D eigenvalue weighted by Crippen LogP contribution is 2.87. The minimum atomic E-state index is -1.76. The van der Waals surface area contributed by atoms with E-state index < -0.39 is 17.9 Å². The zero-order chi connectivity index (χ0) is 28.3. The third-order valence-electron chi connectivity index (χ3n) is 13.6. The van der Waals surface area contributed by atoms with Gasteiger partial charge in [-0.3, -0.25) is 9.59 Å². The average molecular weight is 541 g/mol. The minimum absolute atomic E-state index is 0.0113. The fourth-order valence-corrected chi connectivity index (χ4v) is 11.6. The molecular formula is C33H48O6. The van der Waals surface area contributed by atoms with Crippen LogP contribution in [0.3, 0.4) is 0 Å². The molecule has 4 saturated carbocycles. The lowest BCUT2D eigenvalue weighted by Gasteiger charge is -2.61. The van der Waals surface area contributed by atoms with Crippen molar-refractivity contribution in [2.24, 2.45) is 57.2 Å². The van der Waals surface area contributed by atoms with Crippen LogP contribution in [-0.2, 0) is 23.8 Å². The normalized spacial score (nSPS) is 53.9. The second-order valence-electron chi connectivity index (χ2n) is 14.8. The molecule has 0 amide bonds. The summed E-state index contributed by atoms with van der Waals surface area (Å²) in [4.78, 5) is 24.9. The van der Waals surface area contributed by atoms with Crippen LogP contribution in [0.5, 0.6) is 0 Å². The van der Waals surface area contributed by atoms with E-state index in [0.717, 1.165) is 25.7 Å². The second kappa shape index (κ2) is 8.51. The van der Waals surface area contributed by atoms with Gasteiger partial charge in [0.15, 0.2) is 11.9 Å². The van der Waals surface area contributed by atoms with E-state index in [2.05, 4.69) is 40.3 Å². The van der Waals surface area contributed by atoms with Gasteiger partial charge in [-0.15, -0.1) is 0 Å². The Kier molecular flexibility index (Phi) is 6.04. The number of esters is 1. The molecule has 216 valence electrons. The van der Waals surface area contributed by atoms with Crippen molar-refractivity contribution in [3.05, 3.63) is 24.3 Å². The van der Waals surface area contributed by atoms with Crippen LogP contribution in [-0.4, -0.2) is 48.6 Å². The van der Waals surface area contributed by atoms with Crippen LogP contribution in [0.2, 0.25) is 0 Å². The van der Waals surface area contributed by atoms with E-state index in [1.807, 2.05) is 13.0 Å². The number of ketones is 1. The quantitative estimate of drug-likeness (QED) is 0.367. The molecule has 13 unspecified atom stereocenters. The number of hydrogen-bond acceptors (Lipinski definition) is 6. The van der Waals surface area contributed by atoms with Gasteiger partial charge in [-0.05, 0) is 89.6 Å². The maximum Gasteiger partial charge on any atom is 0.303 e. The topological polar surface area (TPSA) is 82.1 Å². The summed E-state index contributed by atoms with van der Waals surface area (Å²) in [5.74, 6) is -0.863. The van der Waals surface area contributed by atoms with E-state index in [0.29, 0.717) is 29.8 Å². The smallest absolute Gasteiger partial charge is 0.303 e. The number of methoxy groups -OCH3 is 1. The molecule has 6 aliphatic rings. The van der Waals surface area contributed by atoms with Gasteiger partial charge in [0.2, 0.25) is 5.79 Å².